The summed E-state index contributed by atoms with van der Waals surface area (Å²) in [5.74, 6) is -0.876. The van der Waals surface area contributed by atoms with Crippen molar-refractivity contribution in [2.45, 2.75) is 31.6 Å². The summed E-state index contributed by atoms with van der Waals surface area (Å²) in [6, 6.07) is 13.8. The first-order valence-corrected chi connectivity index (χ1v) is 14.6. The highest BCUT2D eigenvalue weighted by molar-refractivity contribution is 7.89. The summed E-state index contributed by atoms with van der Waals surface area (Å²) in [6.07, 6.45) is 3.22. The Morgan fingerprint density at radius 1 is 1.14 bits per heavy atom. The van der Waals surface area contributed by atoms with Crippen molar-refractivity contribution in [2.75, 3.05) is 18.1 Å². The predicted octanol–water partition coefficient (Wildman–Crippen LogP) is 5.99. The van der Waals surface area contributed by atoms with Crippen molar-refractivity contribution in [1.82, 2.24) is 9.29 Å². The van der Waals surface area contributed by atoms with Crippen LogP contribution in [0.25, 0.3) is 10.2 Å². The average molecular weight is 545 g/mol. The molecule has 0 aliphatic heterocycles. The predicted molar refractivity (Wildman–Crippen MR) is 144 cm³/mol. The largest absolute Gasteiger partial charge is 0.280 e. The molecule has 0 saturated heterocycles. The third-order valence-corrected chi connectivity index (χ3v) is 9.20. The third kappa shape index (κ3) is 5.70. The van der Waals surface area contributed by atoms with E-state index in [1.807, 2.05) is 24.4 Å². The maximum Gasteiger partial charge on any atom is 0.280 e. The molecule has 0 radical (unpaired) electrons. The molecule has 0 fully saturated rings. The number of halogens is 1. The molecule has 2 aromatic heterocycles. The fourth-order valence-corrected chi connectivity index (χ4v) is 6.48. The molecule has 11 heteroatoms. The van der Waals surface area contributed by atoms with Crippen LogP contribution in [0.2, 0.25) is 0 Å². The van der Waals surface area contributed by atoms with Crippen molar-refractivity contribution in [3.05, 3.63) is 76.2 Å². The summed E-state index contributed by atoms with van der Waals surface area (Å²) in [5, 5.41) is 7.71. The maximum atomic E-state index is 13.7. The zero-order chi connectivity index (χ0) is 25.7. The summed E-state index contributed by atoms with van der Waals surface area (Å²) >= 11 is 2.61. The van der Waals surface area contributed by atoms with Gasteiger partial charge < -0.3 is 0 Å². The Balaban J connectivity index is 1.66. The monoisotopic (exact) mass is 544 g/mol. The van der Waals surface area contributed by atoms with E-state index in [2.05, 4.69) is 10.1 Å². The van der Waals surface area contributed by atoms with Crippen LogP contribution in [-0.4, -0.2) is 42.9 Å². The molecule has 0 aliphatic carbocycles. The molecule has 36 heavy (non-hydrogen) atoms. The van der Waals surface area contributed by atoms with Crippen molar-refractivity contribution in [1.29, 1.82) is 0 Å². The number of hydrogen-bond acceptors (Lipinski definition) is 7. The minimum atomic E-state index is -3.67. The van der Waals surface area contributed by atoms with Crippen LogP contribution in [0.3, 0.4) is 0 Å². The number of hydrazone groups is 1. The van der Waals surface area contributed by atoms with Gasteiger partial charge in [-0.25, -0.2) is 17.8 Å². The van der Waals surface area contributed by atoms with Gasteiger partial charge in [0.1, 0.15) is 5.82 Å². The molecule has 0 saturated carbocycles. The molecule has 1 amide bonds. The second-order valence-corrected chi connectivity index (χ2v) is 11.8. The Bertz CT molecular complexity index is 1470. The molecule has 4 rings (SSSR count). The van der Waals surface area contributed by atoms with Gasteiger partial charge >= 0.3 is 0 Å². The molecule has 0 bridgehead atoms. The van der Waals surface area contributed by atoms with Crippen LogP contribution in [-0.2, 0) is 10.0 Å². The van der Waals surface area contributed by atoms with Gasteiger partial charge in [0.2, 0.25) is 15.2 Å². The van der Waals surface area contributed by atoms with Gasteiger partial charge in [0.15, 0.2) is 0 Å². The van der Waals surface area contributed by atoms with Crippen LogP contribution >= 0.6 is 22.7 Å². The number of sulfonamides is 1. The van der Waals surface area contributed by atoms with Gasteiger partial charge in [-0.3, -0.25) is 4.79 Å². The Hall–Kier alpha value is -2.99. The van der Waals surface area contributed by atoms with E-state index in [1.54, 1.807) is 19.2 Å². The molecular weight excluding hydrogens is 519 g/mol. The van der Waals surface area contributed by atoms with E-state index in [0.717, 1.165) is 34.1 Å². The highest BCUT2D eigenvalue weighted by atomic mass is 32.2. The van der Waals surface area contributed by atoms with E-state index >= 15 is 0 Å². The van der Waals surface area contributed by atoms with Gasteiger partial charge in [-0.05, 0) is 60.3 Å². The average Bonchev–Trinajstić information content (AvgIpc) is 3.54. The maximum absolute atomic E-state index is 13.7. The van der Waals surface area contributed by atoms with Gasteiger partial charge in [-0.15, -0.1) is 11.3 Å². The summed E-state index contributed by atoms with van der Waals surface area (Å²) in [4.78, 5) is 18.9. The van der Waals surface area contributed by atoms with E-state index in [-0.39, 0.29) is 15.6 Å². The summed E-state index contributed by atoms with van der Waals surface area (Å²) < 4.78 is 41.8. The van der Waals surface area contributed by atoms with Gasteiger partial charge in [-0.2, -0.15) is 14.4 Å². The van der Waals surface area contributed by atoms with Crippen LogP contribution in [0.4, 0.5) is 9.52 Å². The Labute approximate surface area is 217 Å². The molecular formula is C25H25FN4O3S3. The fourth-order valence-electron chi connectivity index (χ4n) is 3.47. The number of aromatic nitrogens is 1. The lowest BCUT2D eigenvalue weighted by atomic mass is 10.2. The van der Waals surface area contributed by atoms with E-state index in [4.69, 9.17) is 0 Å². The Morgan fingerprint density at radius 2 is 1.92 bits per heavy atom. The first kappa shape index (κ1) is 26.1. The quantitative estimate of drug-likeness (QED) is 0.181. The lowest BCUT2D eigenvalue weighted by Gasteiger charge is -2.20. The zero-order valence-electron chi connectivity index (χ0n) is 19.8. The van der Waals surface area contributed by atoms with Crippen LogP contribution in [0.1, 0.15) is 41.9 Å². The lowest BCUT2D eigenvalue weighted by Crippen LogP contribution is -2.32. The van der Waals surface area contributed by atoms with Crippen LogP contribution in [0, 0.1) is 5.82 Å². The standard InChI is InChI=1S/C25H25FN4O3S3/c1-3-5-14-29(4-2)36(32,33)21-11-8-18(9-12-21)24(31)30(27-17-20-7-6-15-34-20)25-28-22-13-10-19(26)16-23(22)35-25/h6-13,15-17H,3-5,14H2,1-2H3/b27-17+. The number of thiazole rings is 1. The number of nitrogens with zero attached hydrogens (tertiary/aromatic N) is 4. The van der Waals surface area contributed by atoms with Gasteiger partial charge in [0.05, 0.1) is 21.3 Å². The molecule has 7 nitrogen and oxygen atoms in total. The number of carbonyl (C=O) groups excluding carboxylic acids is 1. The summed E-state index contributed by atoms with van der Waals surface area (Å²) in [6.45, 7) is 4.62. The van der Waals surface area contributed by atoms with E-state index < -0.39 is 21.7 Å². The smallest absolute Gasteiger partial charge is 0.267 e. The first-order chi connectivity index (χ1) is 17.3. The topological polar surface area (TPSA) is 82.9 Å². The van der Waals surface area contributed by atoms with Crippen LogP contribution < -0.4 is 5.01 Å². The van der Waals surface area contributed by atoms with Crippen LogP contribution in [0.15, 0.2) is 70.0 Å². The van der Waals surface area contributed by atoms with Gasteiger partial charge in [0.25, 0.3) is 5.91 Å². The molecule has 0 atom stereocenters. The minimum Gasteiger partial charge on any atom is -0.267 e. The third-order valence-electron chi connectivity index (χ3n) is 5.41. The number of fused-ring (bicyclic) bond motifs is 1. The number of hydrogen-bond donors (Lipinski definition) is 0. The normalized spacial score (nSPS) is 12.1. The Kier molecular flexibility index (Phi) is 8.24. The number of rotatable bonds is 10. The van der Waals surface area contributed by atoms with Gasteiger partial charge in [-0.1, -0.05) is 37.7 Å². The van der Waals surface area contributed by atoms with E-state index in [0.29, 0.717) is 23.3 Å². The number of amides is 1. The summed E-state index contributed by atoms with van der Waals surface area (Å²) in [7, 11) is -3.67. The molecule has 0 aliphatic rings. The van der Waals surface area contributed by atoms with Crippen molar-refractivity contribution in [3.8, 4) is 0 Å². The fraction of sp³-hybridized carbons (Fsp3) is 0.240. The number of thiophene rings is 1. The molecule has 2 aromatic carbocycles. The molecule has 0 unspecified atom stereocenters. The Morgan fingerprint density at radius 3 is 2.58 bits per heavy atom. The van der Waals surface area contributed by atoms with Crippen LogP contribution in [0.5, 0.6) is 0 Å². The number of unbranched alkanes of at least 4 members (excludes halogenated alkanes) is 1. The number of carbonyl (C=O) groups is 1. The molecule has 188 valence electrons. The lowest BCUT2D eigenvalue weighted by molar-refractivity contribution is 0.0987. The van der Waals surface area contributed by atoms with Crippen molar-refractivity contribution in [3.63, 3.8) is 0 Å². The molecule has 2 heterocycles. The molecule has 4 aromatic rings. The summed E-state index contributed by atoms with van der Waals surface area (Å²) in [5.41, 5.74) is 0.799. The minimum absolute atomic E-state index is 0.126. The second kappa shape index (κ2) is 11.4. The van der Waals surface area contributed by atoms with Crippen molar-refractivity contribution in [2.24, 2.45) is 5.10 Å². The highest BCUT2D eigenvalue weighted by Crippen LogP contribution is 2.31. The number of anilines is 1. The number of benzene rings is 2. The highest BCUT2D eigenvalue weighted by Gasteiger charge is 2.25. The zero-order valence-corrected chi connectivity index (χ0v) is 22.2. The second-order valence-electron chi connectivity index (χ2n) is 7.86. The molecule has 0 N–H and O–H groups in total. The SMILES string of the molecule is CCCCN(CC)S(=O)(=O)c1ccc(C(=O)N(/N=C/c2cccs2)c2nc3ccc(F)cc3s2)cc1. The van der Waals surface area contributed by atoms with Crippen molar-refractivity contribution < 1.29 is 17.6 Å². The molecule has 0 spiro atoms. The van der Waals surface area contributed by atoms with E-state index in [1.165, 1.54) is 52.0 Å². The first-order valence-electron chi connectivity index (χ1n) is 11.4. The van der Waals surface area contributed by atoms with Crippen molar-refractivity contribution >= 4 is 60.2 Å². The van der Waals surface area contributed by atoms with E-state index in [9.17, 15) is 17.6 Å². The van der Waals surface area contributed by atoms with Gasteiger partial charge in [0, 0.05) is 23.5 Å².